The van der Waals surface area contributed by atoms with Gasteiger partial charge in [0.1, 0.15) is 0 Å². The molecule has 6 heteroatoms. The number of fused-ring (bicyclic) bond motifs is 1. The second-order valence-corrected chi connectivity index (χ2v) is 20.7. The minimum absolute atomic E-state index is 0. The van der Waals surface area contributed by atoms with Crippen LogP contribution in [0.15, 0.2) is 115 Å². The number of rotatable bonds is 6. The van der Waals surface area contributed by atoms with Crippen LogP contribution in [0.5, 0.6) is 0 Å². The largest absolute Gasteiger partial charge is 1.00 e. The molecule has 0 bridgehead atoms. The Morgan fingerprint density at radius 1 is 0.737 bits per heavy atom. The van der Waals surface area contributed by atoms with Crippen LogP contribution in [-0.2, 0) is 22.8 Å². The van der Waals surface area contributed by atoms with Gasteiger partial charge in [-0.2, -0.15) is 0 Å². The second kappa shape index (κ2) is 13.1. The molecule has 1 amide bonds. The molecule has 1 N–H and O–H groups in total. The Morgan fingerprint density at radius 3 is 1.87 bits per heavy atom. The SMILES string of the molecule is CC(C)(C)c1ccccc1C(=O)[NH][Ti+2]([CH]1C=Cc2ccccc21)[SiH](c1ccccc1)c1ccccc1.[Cl-].[Cl-]. The Morgan fingerprint density at radius 2 is 1.26 bits per heavy atom. The molecule has 4 aromatic rings. The fourth-order valence-electron chi connectivity index (χ4n) is 5.23. The van der Waals surface area contributed by atoms with Crippen molar-refractivity contribution in [1.29, 1.82) is 0 Å². The van der Waals surface area contributed by atoms with Gasteiger partial charge in [0.2, 0.25) is 0 Å². The molecule has 1 aliphatic rings. The van der Waals surface area contributed by atoms with Crippen molar-refractivity contribution in [3.8, 4) is 0 Å². The molecule has 1 atom stereocenters. The normalized spacial score (nSPS) is 13.7. The standard InChI is InChI=1S/C12H11Si.C11H15NO.C9H7.2ClH.Ti/c1-3-7-11(8-4-1)13-12-9-5-2-6-10-12;1-11(2,3)9-7-5-4-6-8(9)10(12)13;1-2-5-9-7-3-6-8(9)4-1;;;/h1-10,13H;4-7H,1-3H3,(H2,12,13);1-7H;2*1H;/q;;;;;+3/p-3. The van der Waals surface area contributed by atoms with E-state index in [1.165, 1.54) is 21.5 Å². The first-order valence-corrected chi connectivity index (χ1v) is 18.7. The fraction of sp³-hybridized carbons (Fsp3) is 0.156. The predicted molar refractivity (Wildman–Crippen MR) is 150 cm³/mol. The number of allylic oxidation sites excluding steroid dienone is 1. The van der Waals surface area contributed by atoms with Gasteiger partial charge in [-0.05, 0) is 0 Å². The van der Waals surface area contributed by atoms with E-state index in [1.807, 2.05) is 18.2 Å². The maximum absolute atomic E-state index is 14.1. The van der Waals surface area contributed by atoms with Crippen LogP contribution in [-0.4, -0.2) is 12.6 Å². The number of halogens is 2. The maximum Gasteiger partial charge on any atom is -1.00 e. The Hall–Kier alpha value is -2.40. The van der Waals surface area contributed by atoms with Gasteiger partial charge in [0, 0.05) is 0 Å². The van der Waals surface area contributed by atoms with E-state index in [9.17, 15) is 4.79 Å². The van der Waals surface area contributed by atoms with Crippen molar-refractivity contribution < 1.29 is 47.0 Å². The molecule has 1 unspecified atom stereocenters. The minimum atomic E-state index is -2.32. The molecule has 2 nitrogen and oxygen atoms in total. The van der Waals surface area contributed by atoms with Crippen molar-refractivity contribution in [2.45, 2.75) is 30.4 Å². The van der Waals surface area contributed by atoms with E-state index >= 15 is 0 Å². The number of benzene rings is 4. The number of hydrogen-bond acceptors (Lipinski definition) is 1. The van der Waals surface area contributed by atoms with Gasteiger partial charge < -0.3 is 24.8 Å². The second-order valence-electron chi connectivity index (χ2n) is 10.4. The summed E-state index contributed by atoms with van der Waals surface area (Å²) in [5.41, 5.74) is 4.44. The molecule has 0 fully saturated rings. The van der Waals surface area contributed by atoms with Crippen LogP contribution >= 0.6 is 0 Å². The van der Waals surface area contributed by atoms with Gasteiger partial charge in [-0.1, -0.05) is 0 Å². The quantitative estimate of drug-likeness (QED) is 0.302. The van der Waals surface area contributed by atoms with E-state index in [2.05, 4.69) is 128 Å². The summed E-state index contributed by atoms with van der Waals surface area (Å²) in [6.07, 6.45) is 4.62. The summed E-state index contributed by atoms with van der Waals surface area (Å²) in [6, 6.07) is 38.6. The molecule has 0 aromatic heterocycles. The van der Waals surface area contributed by atoms with Crippen molar-refractivity contribution in [3.05, 3.63) is 138 Å². The third-order valence-electron chi connectivity index (χ3n) is 6.95. The van der Waals surface area contributed by atoms with Crippen LogP contribution in [0.2, 0.25) is 0 Å². The molecule has 0 aliphatic heterocycles. The summed E-state index contributed by atoms with van der Waals surface area (Å²) in [5.74, 6) is 0.0812. The van der Waals surface area contributed by atoms with Gasteiger partial charge in [-0.25, -0.2) is 0 Å². The molecule has 0 radical (unpaired) electrons. The zero-order valence-electron chi connectivity index (χ0n) is 21.9. The van der Waals surface area contributed by atoms with E-state index in [0.717, 1.165) is 11.1 Å². The number of carbonyl (C=O) groups excluding carboxylic acids is 1. The van der Waals surface area contributed by atoms with E-state index in [1.54, 1.807) is 0 Å². The topological polar surface area (TPSA) is 29.1 Å². The Bertz CT molecular complexity index is 1350. The first kappa shape index (κ1) is 30.1. The molecule has 1 aliphatic carbocycles. The van der Waals surface area contributed by atoms with Crippen LogP contribution < -0.4 is 39.0 Å². The molecule has 0 heterocycles. The summed E-state index contributed by atoms with van der Waals surface area (Å²) < 4.78 is 4.05. The van der Waals surface area contributed by atoms with Crippen LogP contribution in [0.1, 0.15) is 52.0 Å². The van der Waals surface area contributed by atoms with Crippen LogP contribution in [0.3, 0.4) is 0 Å². The third kappa shape index (κ3) is 6.42. The van der Waals surface area contributed by atoms with E-state index in [-0.39, 0.29) is 40.4 Å². The first-order chi connectivity index (χ1) is 17.4. The number of hydrogen-bond donors (Lipinski definition) is 1. The van der Waals surface area contributed by atoms with Gasteiger partial charge in [-0.3, -0.25) is 0 Å². The summed E-state index contributed by atoms with van der Waals surface area (Å²) in [5, 5.41) is 2.81. The fourth-order valence-corrected chi connectivity index (χ4v) is 19.6. The molecule has 0 saturated carbocycles. The Labute approximate surface area is 246 Å². The smallest absolute Gasteiger partial charge is 1.00 e. The van der Waals surface area contributed by atoms with Crippen molar-refractivity contribution in [3.63, 3.8) is 0 Å². The minimum Gasteiger partial charge on any atom is -1.00 e. The summed E-state index contributed by atoms with van der Waals surface area (Å²) in [6.45, 7) is 4.80. The first-order valence-electron chi connectivity index (χ1n) is 12.6. The molecule has 193 valence electrons. The predicted octanol–water partition coefficient (Wildman–Crippen LogP) is -0.439. The van der Waals surface area contributed by atoms with Crippen molar-refractivity contribution in [1.82, 2.24) is 3.80 Å². The third-order valence-corrected chi connectivity index (χ3v) is 20.4. The van der Waals surface area contributed by atoms with Crippen molar-refractivity contribution in [2.24, 2.45) is 0 Å². The van der Waals surface area contributed by atoms with Gasteiger partial charge >= 0.3 is 223 Å². The zero-order chi connectivity index (χ0) is 25.1. The number of nitrogens with one attached hydrogen (secondary N) is 1. The van der Waals surface area contributed by atoms with E-state index in [4.69, 9.17) is 0 Å². The van der Waals surface area contributed by atoms with Crippen LogP contribution in [0, 0.1) is 0 Å². The van der Waals surface area contributed by atoms with Gasteiger partial charge in [0.25, 0.3) is 0 Å². The van der Waals surface area contributed by atoms with E-state index in [0.29, 0.717) is 0 Å². The number of amides is 1. The summed E-state index contributed by atoms with van der Waals surface area (Å²) in [7, 11) is 0. The molecule has 0 saturated heterocycles. The maximum atomic E-state index is 14.1. The molecular formula is C32H32Cl2NOSiTi. The van der Waals surface area contributed by atoms with Crippen LogP contribution in [0.25, 0.3) is 6.08 Å². The monoisotopic (exact) mass is 592 g/mol. The van der Waals surface area contributed by atoms with Gasteiger partial charge in [-0.15, -0.1) is 0 Å². The van der Waals surface area contributed by atoms with Gasteiger partial charge in [0.05, 0.1) is 0 Å². The number of carbonyl (C=O) groups is 1. The molecule has 4 aromatic carbocycles. The zero-order valence-corrected chi connectivity index (χ0v) is 26.1. The van der Waals surface area contributed by atoms with E-state index < -0.39 is 24.0 Å². The summed E-state index contributed by atoms with van der Waals surface area (Å²) in [4.78, 5) is 14.1. The molecular weight excluding hydrogens is 561 g/mol. The van der Waals surface area contributed by atoms with Crippen molar-refractivity contribution in [2.75, 3.05) is 0 Å². The molecule has 5 rings (SSSR count). The van der Waals surface area contributed by atoms with Crippen LogP contribution in [0.4, 0.5) is 0 Å². The average Bonchev–Trinajstić information content (AvgIpc) is 3.33. The van der Waals surface area contributed by atoms with Gasteiger partial charge in [0.15, 0.2) is 0 Å². The van der Waals surface area contributed by atoms with Crippen molar-refractivity contribution >= 4 is 29.0 Å². The Balaban J connectivity index is 0.00000200. The Kier molecular flexibility index (Phi) is 10.4. The molecule has 38 heavy (non-hydrogen) atoms. The summed E-state index contributed by atoms with van der Waals surface area (Å²) >= 11 is -2.32. The molecule has 0 spiro atoms. The average molecular weight is 593 g/mol.